The minimum Gasteiger partial charge on any atom is -0.463 e. The Kier molecular flexibility index (Phi) is 11.3. The fraction of sp³-hybridized carbons (Fsp3) is 0.909. The zero-order chi connectivity index (χ0) is 12.9. The molecule has 0 saturated carbocycles. The first-order valence-electron chi connectivity index (χ1n) is 5.80. The number of hydrogen-bond acceptors (Lipinski definition) is 6. The first kappa shape index (κ1) is 16.3. The van der Waals surface area contributed by atoms with Crippen molar-refractivity contribution in [2.75, 3.05) is 39.6 Å². The van der Waals surface area contributed by atoms with Crippen LogP contribution in [0.5, 0.6) is 0 Å². The standard InChI is InChI=1S/C11H22O6/c1-2-3-11(14)17-7-6-16-9-10(13)8-15-5-4-12/h10,12-13H,2-9H2,1H3. The summed E-state index contributed by atoms with van der Waals surface area (Å²) < 4.78 is 14.8. The quantitative estimate of drug-likeness (QED) is 0.387. The van der Waals surface area contributed by atoms with Crippen LogP contribution in [-0.4, -0.2) is 61.9 Å². The third kappa shape index (κ3) is 11.6. The fourth-order valence-corrected chi connectivity index (χ4v) is 1.04. The van der Waals surface area contributed by atoms with Crippen LogP contribution in [0.15, 0.2) is 0 Å². The van der Waals surface area contributed by atoms with Gasteiger partial charge in [0.05, 0.1) is 33.0 Å². The van der Waals surface area contributed by atoms with Gasteiger partial charge in [-0.1, -0.05) is 6.92 Å². The minimum atomic E-state index is -0.729. The third-order valence-corrected chi connectivity index (χ3v) is 1.80. The van der Waals surface area contributed by atoms with Gasteiger partial charge in [0.25, 0.3) is 0 Å². The molecule has 0 bridgehead atoms. The van der Waals surface area contributed by atoms with Crippen LogP contribution in [0.25, 0.3) is 0 Å². The van der Waals surface area contributed by atoms with Gasteiger partial charge in [0.1, 0.15) is 12.7 Å². The van der Waals surface area contributed by atoms with E-state index < -0.39 is 6.10 Å². The summed E-state index contributed by atoms with van der Waals surface area (Å²) in [5.41, 5.74) is 0. The van der Waals surface area contributed by atoms with Crippen molar-refractivity contribution in [3.63, 3.8) is 0 Å². The molecule has 2 N–H and O–H groups in total. The number of carbonyl (C=O) groups excluding carboxylic acids is 1. The predicted octanol–water partition coefficient (Wildman–Crippen LogP) is -0.284. The maximum absolute atomic E-state index is 10.9. The van der Waals surface area contributed by atoms with Gasteiger partial charge in [0, 0.05) is 6.42 Å². The van der Waals surface area contributed by atoms with Crippen molar-refractivity contribution < 1.29 is 29.2 Å². The molecule has 0 aliphatic rings. The summed E-state index contributed by atoms with van der Waals surface area (Å²) in [5.74, 6) is -0.233. The van der Waals surface area contributed by atoms with E-state index in [1.807, 2.05) is 6.92 Å². The lowest BCUT2D eigenvalue weighted by Gasteiger charge is -2.11. The number of ether oxygens (including phenoxy) is 3. The molecule has 0 spiro atoms. The zero-order valence-corrected chi connectivity index (χ0v) is 10.3. The smallest absolute Gasteiger partial charge is 0.305 e. The highest BCUT2D eigenvalue weighted by Crippen LogP contribution is 1.92. The number of hydrogen-bond donors (Lipinski definition) is 2. The van der Waals surface area contributed by atoms with Gasteiger partial charge in [-0.2, -0.15) is 0 Å². The van der Waals surface area contributed by atoms with E-state index in [1.54, 1.807) is 0 Å². The van der Waals surface area contributed by atoms with Gasteiger partial charge >= 0.3 is 5.97 Å². The van der Waals surface area contributed by atoms with Crippen molar-refractivity contribution in [2.45, 2.75) is 25.9 Å². The van der Waals surface area contributed by atoms with E-state index in [2.05, 4.69) is 0 Å². The molecule has 17 heavy (non-hydrogen) atoms. The summed E-state index contributed by atoms with van der Waals surface area (Å²) in [6.07, 6.45) is 0.450. The summed E-state index contributed by atoms with van der Waals surface area (Å²) in [7, 11) is 0. The molecule has 0 aromatic heterocycles. The van der Waals surface area contributed by atoms with Crippen LogP contribution < -0.4 is 0 Å². The van der Waals surface area contributed by atoms with Crippen molar-refractivity contribution in [1.82, 2.24) is 0 Å². The van der Waals surface area contributed by atoms with E-state index >= 15 is 0 Å². The molecular formula is C11H22O6. The van der Waals surface area contributed by atoms with Gasteiger partial charge < -0.3 is 24.4 Å². The molecule has 0 saturated heterocycles. The van der Waals surface area contributed by atoms with Crippen LogP contribution in [0.4, 0.5) is 0 Å². The predicted molar refractivity (Wildman–Crippen MR) is 60.6 cm³/mol. The van der Waals surface area contributed by atoms with Crippen LogP contribution >= 0.6 is 0 Å². The van der Waals surface area contributed by atoms with E-state index in [4.69, 9.17) is 19.3 Å². The largest absolute Gasteiger partial charge is 0.463 e. The third-order valence-electron chi connectivity index (χ3n) is 1.80. The summed E-state index contributed by atoms with van der Waals surface area (Å²) in [6, 6.07) is 0. The van der Waals surface area contributed by atoms with Gasteiger partial charge in [-0.3, -0.25) is 4.79 Å². The van der Waals surface area contributed by atoms with E-state index in [-0.39, 0.29) is 45.6 Å². The first-order valence-corrected chi connectivity index (χ1v) is 5.80. The first-order chi connectivity index (χ1) is 8.20. The van der Waals surface area contributed by atoms with Gasteiger partial charge in [0.2, 0.25) is 0 Å². The molecule has 0 heterocycles. The molecule has 0 aromatic rings. The van der Waals surface area contributed by atoms with Crippen LogP contribution in [0.2, 0.25) is 0 Å². The number of aliphatic hydroxyl groups excluding tert-OH is 2. The number of esters is 1. The van der Waals surface area contributed by atoms with E-state index in [9.17, 15) is 9.90 Å². The Hall–Kier alpha value is -0.690. The van der Waals surface area contributed by atoms with Crippen LogP contribution in [-0.2, 0) is 19.0 Å². The molecule has 0 amide bonds. The zero-order valence-electron chi connectivity index (χ0n) is 10.3. The van der Waals surface area contributed by atoms with Crippen molar-refractivity contribution in [1.29, 1.82) is 0 Å². The lowest BCUT2D eigenvalue weighted by atomic mass is 10.3. The maximum Gasteiger partial charge on any atom is 0.305 e. The van der Waals surface area contributed by atoms with Gasteiger partial charge in [-0.05, 0) is 6.42 Å². The van der Waals surface area contributed by atoms with E-state index in [0.29, 0.717) is 6.42 Å². The van der Waals surface area contributed by atoms with Gasteiger partial charge in [0.15, 0.2) is 0 Å². The SMILES string of the molecule is CCCC(=O)OCCOCC(O)COCCO. The average Bonchev–Trinajstić information content (AvgIpc) is 2.29. The van der Waals surface area contributed by atoms with Crippen molar-refractivity contribution in [3.8, 4) is 0 Å². The molecule has 0 fully saturated rings. The highest BCUT2D eigenvalue weighted by molar-refractivity contribution is 5.69. The number of rotatable bonds is 11. The molecular weight excluding hydrogens is 228 g/mol. The van der Waals surface area contributed by atoms with E-state index in [0.717, 1.165) is 6.42 Å². The summed E-state index contributed by atoms with van der Waals surface area (Å²) in [5, 5.41) is 17.8. The lowest BCUT2D eigenvalue weighted by Crippen LogP contribution is -2.23. The second kappa shape index (κ2) is 11.8. The molecule has 6 heteroatoms. The fourth-order valence-electron chi connectivity index (χ4n) is 1.04. The van der Waals surface area contributed by atoms with Gasteiger partial charge in [-0.15, -0.1) is 0 Å². The van der Waals surface area contributed by atoms with Crippen molar-refractivity contribution in [2.24, 2.45) is 0 Å². The Morgan fingerprint density at radius 2 is 1.82 bits per heavy atom. The Bertz CT molecular complexity index is 185. The Morgan fingerprint density at radius 3 is 2.41 bits per heavy atom. The molecule has 6 nitrogen and oxygen atoms in total. The monoisotopic (exact) mass is 250 g/mol. The second-order valence-electron chi connectivity index (χ2n) is 3.50. The Morgan fingerprint density at radius 1 is 1.18 bits per heavy atom. The van der Waals surface area contributed by atoms with Crippen molar-refractivity contribution in [3.05, 3.63) is 0 Å². The highest BCUT2D eigenvalue weighted by atomic mass is 16.6. The molecule has 0 aliphatic heterocycles. The van der Waals surface area contributed by atoms with Crippen LogP contribution in [0.3, 0.4) is 0 Å². The second-order valence-corrected chi connectivity index (χ2v) is 3.50. The molecule has 0 rings (SSSR count). The Labute approximate surface area is 101 Å². The van der Waals surface area contributed by atoms with Crippen molar-refractivity contribution >= 4 is 5.97 Å². The normalized spacial score (nSPS) is 12.4. The lowest BCUT2D eigenvalue weighted by molar-refractivity contribution is -0.145. The maximum atomic E-state index is 10.9. The molecule has 1 atom stereocenters. The average molecular weight is 250 g/mol. The van der Waals surface area contributed by atoms with Gasteiger partial charge in [-0.25, -0.2) is 0 Å². The number of aliphatic hydroxyl groups is 2. The minimum absolute atomic E-state index is 0.0685. The number of carbonyl (C=O) groups is 1. The molecule has 0 radical (unpaired) electrons. The van der Waals surface area contributed by atoms with Crippen LogP contribution in [0.1, 0.15) is 19.8 Å². The topological polar surface area (TPSA) is 85.2 Å². The van der Waals surface area contributed by atoms with E-state index in [1.165, 1.54) is 0 Å². The summed E-state index contributed by atoms with van der Waals surface area (Å²) in [6.45, 7) is 2.73. The Balaban J connectivity index is 3.24. The molecule has 1 unspecified atom stereocenters. The summed E-state index contributed by atoms with van der Waals surface area (Å²) in [4.78, 5) is 10.9. The molecule has 0 aromatic carbocycles. The summed E-state index contributed by atoms with van der Waals surface area (Å²) >= 11 is 0. The highest BCUT2D eigenvalue weighted by Gasteiger charge is 2.05. The van der Waals surface area contributed by atoms with Crippen LogP contribution in [0, 0.1) is 0 Å². The molecule has 0 aliphatic carbocycles. The molecule has 102 valence electrons.